The maximum Gasteiger partial charge on any atom is 0.247 e. The molecule has 0 amide bonds. The van der Waals surface area contributed by atoms with Crippen LogP contribution in [0, 0.1) is 0 Å². The average Bonchev–Trinajstić information content (AvgIpc) is 3.32. The lowest BCUT2D eigenvalue weighted by molar-refractivity contribution is 0.0896. The summed E-state index contributed by atoms with van der Waals surface area (Å²) in [6.07, 6.45) is 4.12. The normalized spacial score (nSPS) is 16.8. The number of furan rings is 1. The van der Waals surface area contributed by atoms with Gasteiger partial charge in [0.1, 0.15) is 18.6 Å². The molecule has 2 N–H and O–H groups in total. The quantitative estimate of drug-likeness (QED) is 0.748. The molecule has 7 heteroatoms. The predicted octanol–water partition coefficient (Wildman–Crippen LogP) is 3.28. The van der Waals surface area contributed by atoms with E-state index in [1.54, 1.807) is 0 Å². The van der Waals surface area contributed by atoms with Gasteiger partial charge >= 0.3 is 0 Å². The molecular formula is C16H16N2O5. The van der Waals surface area contributed by atoms with Crippen molar-refractivity contribution >= 4 is 0 Å². The Kier molecular flexibility index (Phi) is 4.58. The molecule has 0 bridgehead atoms. The Morgan fingerprint density at radius 3 is 2.30 bits per heavy atom. The van der Waals surface area contributed by atoms with Crippen LogP contribution in [0.1, 0.15) is 24.8 Å². The summed E-state index contributed by atoms with van der Waals surface area (Å²) in [5.41, 5.74) is 0.944. The molecule has 0 spiro atoms. The van der Waals surface area contributed by atoms with E-state index in [0.717, 1.165) is 37.5 Å². The lowest BCUT2D eigenvalue weighted by Gasteiger charge is -2.01. The van der Waals surface area contributed by atoms with Gasteiger partial charge in [0.15, 0.2) is 11.5 Å². The van der Waals surface area contributed by atoms with Crippen molar-refractivity contribution in [2.75, 3.05) is 6.61 Å². The number of hydrogen-bond acceptors (Lipinski definition) is 7. The number of aromatic hydroxyl groups is 2. The molecule has 4 rings (SSSR count). The number of benzene rings is 1. The van der Waals surface area contributed by atoms with Crippen molar-refractivity contribution in [3.63, 3.8) is 0 Å². The monoisotopic (exact) mass is 316 g/mol. The topological polar surface area (TPSA) is 102 Å². The van der Waals surface area contributed by atoms with Crippen LogP contribution in [-0.2, 0) is 4.74 Å². The maximum absolute atomic E-state index is 8.42. The van der Waals surface area contributed by atoms with E-state index in [0.29, 0.717) is 11.8 Å². The fourth-order valence-corrected chi connectivity index (χ4v) is 2.12. The SMILES string of the molecule is Oc1cocc1O.c1ccc(-c2nnc(C3CCCO3)o2)cc1. The second kappa shape index (κ2) is 6.97. The highest BCUT2D eigenvalue weighted by Gasteiger charge is 2.23. The minimum absolute atomic E-state index is 0.00929. The van der Waals surface area contributed by atoms with E-state index in [1.165, 1.54) is 0 Å². The second-order valence-electron chi connectivity index (χ2n) is 4.96. The summed E-state index contributed by atoms with van der Waals surface area (Å²) in [6, 6.07) is 9.76. The zero-order chi connectivity index (χ0) is 16.1. The van der Waals surface area contributed by atoms with E-state index in [2.05, 4.69) is 14.6 Å². The molecule has 1 aliphatic rings. The van der Waals surface area contributed by atoms with Gasteiger partial charge in [-0.25, -0.2) is 0 Å². The Balaban J connectivity index is 0.000000188. The zero-order valence-corrected chi connectivity index (χ0v) is 12.3. The number of ether oxygens (including phenoxy) is 1. The van der Waals surface area contributed by atoms with Crippen LogP contribution in [-0.4, -0.2) is 27.0 Å². The van der Waals surface area contributed by atoms with Gasteiger partial charge in [0, 0.05) is 12.2 Å². The Labute approximate surface area is 132 Å². The molecule has 1 aromatic carbocycles. The third-order valence-corrected chi connectivity index (χ3v) is 3.29. The van der Waals surface area contributed by atoms with Gasteiger partial charge in [-0.2, -0.15) is 0 Å². The van der Waals surface area contributed by atoms with Gasteiger partial charge < -0.3 is 23.8 Å². The second-order valence-corrected chi connectivity index (χ2v) is 4.96. The van der Waals surface area contributed by atoms with Gasteiger partial charge in [0.25, 0.3) is 0 Å². The Hall–Kier alpha value is -2.80. The fourth-order valence-electron chi connectivity index (χ4n) is 2.12. The standard InChI is InChI=1S/C12H12N2O2.C4H4O3/c1-2-5-9(6-3-1)11-13-14-12(16-11)10-7-4-8-15-10;5-3-1-7-2-4(3)6/h1-3,5-6,10H,4,7-8H2;1-2,5-6H. The van der Waals surface area contributed by atoms with Crippen LogP contribution in [0.25, 0.3) is 11.5 Å². The summed E-state index contributed by atoms with van der Waals surface area (Å²) < 4.78 is 15.4. The number of rotatable bonds is 2. The molecule has 23 heavy (non-hydrogen) atoms. The van der Waals surface area contributed by atoms with Gasteiger partial charge in [-0.15, -0.1) is 10.2 Å². The zero-order valence-electron chi connectivity index (χ0n) is 12.3. The highest BCUT2D eigenvalue weighted by Crippen LogP contribution is 2.29. The molecular weight excluding hydrogens is 300 g/mol. The van der Waals surface area contributed by atoms with Crippen LogP contribution in [0.5, 0.6) is 11.5 Å². The molecule has 120 valence electrons. The van der Waals surface area contributed by atoms with Crippen molar-refractivity contribution in [2.45, 2.75) is 18.9 Å². The first-order valence-electron chi connectivity index (χ1n) is 7.18. The number of hydrogen-bond donors (Lipinski definition) is 2. The smallest absolute Gasteiger partial charge is 0.247 e. The fraction of sp³-hybridized carbons (Fsp3) is 0.250. The van der Waals surface area contributed by atoms with Gasteiger partial charge in [0.2, 0.25) is 11.8 Å². The molecule has 0 saturated carbocycles. The van der Waals surface area contributed by atoms with Crippen molar-refractivity contribution in [2.24, 2.45) is 0 Å². The molecule has 1 saturated heterocycles. The summed E-state index contributed by atoms with van der Waals surface area (Å²) >= 11 is 0. The number of aromatic nitrogens is 2. The molecule has 0 radical (unpaired) electrons. The third-order valence-electron chi connectivity index (χ3n) is 3.29. The van der Waals surface area contributed by atoms with E-state index >= 15 is 0 Å². The van der Waals surface area contributed by atoms with Crippen LogP contribution in [0.4, 0.5) is 0 Å². The first-order chi connectivity index (χ1) is 11.2. The van der Waals surface area contributed by atoms with Crippen LogP contribution in [0.2, 0.25) is 0 Å². The van der Waals surface area contributed by atoms with Crippen LogP contribution in [0.3, 0.4) is 0 Å². The van der Waals surface area contributed by atoms with Crippen molar-refractivity contribution in [1.82, 2.24) is 10.2 Å². The summed E-state index contributed by atoms with van der Waals surface area (Å²) in [5.74, 6) is 0.711. The van der Waals surface area contributed by atoms with Gasteiger partial charge in [0.05, 0.1) is 0 Å². The first kappa shape index (κ1) is 15.1. The predicted molar refractivity (Wildman–Crippen MR) is 79.7 cm³/mol. The minimum Gasteiger partial charge on any atom is -0.502 e. The lowest BCUT2D eigenvalue weighted by atomic mass is 10.2. The first-order valence-corrected chi connectivity index (χ1v) is 7.18. The van der Waals surface area contributed by atoms with Crippen LogP contribution in [0.15, 0.2) is 51.7 Å². The van der Waals surface area contributed by atoms with Crippen molar-refractivity contribution < 1.29 is 23.8 Å². The summed E-state index contributed by atoms with van der Waals surface area (Å²) in [5, 5.41) is 24.9. The Bertz CT molecular complexity index is 715. The summed E-state index contributed by atoms with van der Waals surface area (Å²) in [6.45, 7) is 0.785. The number of nitrogens with zero attached hydrogens (tertiary/aromatic N) is 2. The highest BCUT2D eigenvalue weighted by molar-refractivity contribution is 5.51. The lowest BCUT2D eigenvalue weighted by Crippen LogP contribution is -1.95. The molecule has 1 atom stereocenters. The van der Waals surface area contributed by atoms with Gasteiger partial charge in [-0.3, -0.25) is 0 Å². The molecule has 0 aliphatic carbocycles. The van der Waals surface area contributed by atoms with Crippen LogP contribution < -0.4 is 0 Å². The Morgan fingerprint density at radius 2 is 1.74 bits per heavy atom. The Morgan fingerprint density at radius 1 is 1.00 bits per heavy atom. The van der Waals surface area contributed by atoms with E-state index < -0.39 is 0 Å². The molecule has 3 aromatic rings. The minimum atomic E-state index is -0.222. The van der Waals surface area contributed by atoms with Crippen molar-refractivity contribution in [3.8, 4) is 23.0 Å². The molecule has 2 aromatic heterocycles. The average molecular weight is 316 g/mol. The summed E-state index contributed by atoms with van der Waals surface area (Å²) in [4.78, 5) is 0. The van der Waals surface area contributed by atoms with E-state index in [1.807, 2.05) is 30.3 Å². The van der Waals surface area contributed by atoms with E-state index in [-0.39, 0.29) is 17.6 Å². The van der Waals surface area contributed by atoms with Gasteiger partial charge in [-0.05, 0) is 25.0 Å². The highest BCUT2D eigenvalue weighted by atomic mass is 16.5. The van der Waals surface area contributed by atoms with Crippen LogP contribution >= 0.6 is 0 Å². The maximum atomic E-state index is 8.42. The molecule has 3 heterocycles. The third kappa shape index (κ3) is 3.70. The molecule has 7 nitrogen and oxygen atoms in total. The molecule has 1 aliphatic heterocycles. The van der Waals surface area contributed by atoms with Crippen molar-refractivity contribution in [1.29, 1.82) is 0 Å². The molecule has 1 unspecified atom stereocenters. The van der Waals surface area contributed by atoms with E-state index in [9.17, 15) is 0 Å². The summed E-state index contributed by atoms with van der Waals surface area (Å²) in [7, 11) is 0. The molecule has 1 fully saturated rings. The largest absolute Gasteiger partial charge is 0.502 e. The van der Waals surface area contributed by atoms with Crippen molar-refractivity contribution in [3.05, 3.63) is 48.7 Å². The van der Waals surface area contributed by atoms with Gasteiger partial charge in [-0.1, -0.05) is 18.2 Å². The van der Waals surface area contributed by atoms with E-state index in [4.69, 9.17) is 19.4 Å².